The van der Waals surface area contributed by atoms with Crippen LogP contribution >= 0.6 is 0 Å². The van der Waals surface area contributed by atoms with E-state index >= 15 is 0 Å². The number of hydrogen-bond donors (Lipinski definition) is 0. The molecule has 1 fully saturated rings. The molecule has 1 aliphatic heterocycles. The van der Waals surface area contributed by atoms with Crippen LogP contribution in [0.3, 0.4) is 0 Å². The number of quaternary nitrogens is 1. The Hall–Kier alpha value is -3.54. The van der Waals surface area contributed by atoms with Crippen LogP contribution in [0.4, 0.5) is 5.69 Å². The van der Waals surface area contributed by atoms with Gasteiger partial charge in [0.2, 0.25) is 0 Å². The lowest BCUT2D eigenvalue weighted by molar-refractivity contribution is -0.898. The Labute approximate surface area is 213 Å². The van der Waals surface area contributed by atoms with Crippen molar-refractivity contribution in [1.29, 1.82) is 0 Å². The van der Waals surface area contributed by atoms with Gasteiger partial charge >= 0.3 is 0 Å². The molecular weight excluding hydrogens is 446 g/mol. The standard InChI is InChI=1S/C31H33N3O2/c1-2-20-33(25-16-8-4-9-17-25)31(35)29-26-18-10-11-19-28(26)32-30(24-14-6-3-7-15-24)27(29)23-34(36)21-12-5-13-22-34/h3-4,6-11,14-19H,2,5,12-13,20-23H2,1H3. The summed E-state index contributed by atoms with van der Waals surface area (Å²) in [5, 5.41) is 14.7. The summed E-state index contributed by atoms with van der Waals surface area (Å²) in [6.07, 6.45) is 3.75. The van der Waals surface area contributed by atoms with Gasteiger partial charge in [0.15, 0.2) is 0 Å². The van der Waals surface area contributed by atoms with Crippen LogP contribution in [0.15, 0.2) is 84.9 Å². The van der Waals surface area contributed by atoms with E-state index < -0.39 is 0 Å². The molecule has 1 aliphatic rings. The first-order chi connectivity index (χ1) is 17.6. The highest BCUT2D eigenvalue weighted by molar-refractivity contribution is 6.15. The van der Waals surface area contributed by atoms with E-state index in [-0.39, 0.29) is 17.1 Å². The SMILES string of the molecule is CCCN(C(=O)c1c(C[N+]2([O-])CCCCC2)c(-c2ccccc2)nc2ccccc12)c1ccccc1. The van der Waals surface area contributed by atoms with Crippen molar-refractivity contribution in [1.82, 2.24) is 4.98 Å². The molecule has 1 saturated heterocycles. The molecule has 0 unspecified atom stereocenters. The number of benzene rings is 3. The van der Waals surface area contributed by atoms with Crippen molar-refractivity contribution in [2.24, 2.45) is 0 Å². The Bertz CT molecular complexity index is 1330. The lowest BCUT2D eigenvalue weighted by Gasteiger charge is -2.46. The van der Waals surface area contributed by atoms with Crippen molar-refractivity contribution in [3.05, 3.63) is 101 Å². The van der Waals surface area contributed by atoms with Crippen molar-refractivity contribution >= 4 is 22.5 Å². The lowest BCUT2D eigenvalue weighted by Crippen LogP contribution is -2.46. The Morgan fingerprint density at radius 1 is 0.889 bits per heavy atom. The molecule has 5 rings (SSSR count). The first kappa shape index (κ1) is 24.2. The number of carbonyl (C=O) groups excluding carboxylic acids is 1. The van der Waals surface area contributed by atoms with Crippen LogP contribution in [0.2, 0.25) is 0 Å². The van der Waals surface area contributed by atoms with Crippen molar-refractivity contribution in [2.75, 3.05) is 24.5 Å². The number of likely N-dealkylation sites (tertiary alicyclic amines) is 1. The van der Waals surface area contributed by atoms with Gasteiger partial charge in [0.1, 0.15) is 6.54 Å². The molecule has 5 heteroatoms. The van der Waals surface area contributed by atoms with Crippen LogP contribution in [0.5, 0.6) is 0 Å². The van der Waals surface area contributed by atoms with Crippen LogP contribution in [-0.2, 0) is 6.54 Å². The van der Waals surface area contributed by atoms with E-state index in [9.17, 15) is 10.0 Å². The number of para-hydroxylation sites is 2. The number of hydrogen-bond acceptors (Lipinski definition) is 3. The minimum atomic E-state index is -0.306. The number of anilines is 1. The average molecular weight is 480 g/mol. The summed E-state index contributed by atoms with van der Waals surface area (Å²) in [5.74, 6) is -0.0718. The first-order valence-corrected chi connectivity index (χ1v) is 13.0. The van der Waals surface area contributed by atoms with Gasteiger partial charge in [-0.25, -0.2) is 4.98 Å². The molecule has 2 heterocycles. The Kier molecular flexibility index (Phi) is 7.12. The van der Waals surface area contributed by atoms with Gasteiger partial charge in [-0.3, -0.25) is 4.79 Å². The zero-order chi connectivity index (χ0) is 25.0. The molecule has 0 spiro atoms. The molecule has 184 valence electrons. The summed E-state index contributed by atoms with van der Waals surface area (Å²) >= 11 is 0. The Morgan fingerprint density at radius 2 is 1.53 bits per heavy atom. The van der Waals surface area contributed by atoms with Crippen molar-refractivity contribution in [2.45, 2.75) is 39.2 Å². The predicted octanol–water partition coefficient (Wildman–Crippen LogP) is 6.96. The summed E-state index contributed by atoms with van der Waals surface area (Å²) in [7, 11) is 0. The summed E-state index contributed by atoms with van der Waals surface area (Å²) < 4.78 is -0.306. The topological polar surface area (TPSA) is 56.3 Å². The van der Waals surface area contributed by atoms with Gasteiger partial charge < -0.3 is 14.8 Å². The highest BCUT2D eigenvalue weighted by Gasteiger charge is 2.31. The predicted molar refractivity (Wildman–Crippen MR) is 147 cm³/mol. The van der Waals surface area contributed by atoms with Crippen LogP contribution in [0.25, 0.3) is 22.2 Å². The molecule has 4 aromatic rings. The maximum absolute atomic E-state index is 14.5. The number of carbonyl (C=O) groups is 1. The monoisotopic (exact) mass is 479 g/mol. The van der Waals surface area contributed by atoms with E-state index in [2.05, 4.69) is 6.92 Å². The normalized spacial score (nSPS) is 15.1. The average Bonchev–Trinajstić information content (AvgIpc) is 2.92. The number of pyridine rings is 1. The van der Waals surface area contributed by atoms with Gasteiger partial charge in [0.05, 0.1) is 29.9 Å². The van der Waals surface area contributed by atoms with E-state index in [1.165, 1.54) is 0 Å². The van der Waals surface area contributed by atoms with Gasteiger partial charge in [-0.1, -0.05) is 73.7 Å². The highest BCUT2D eigenvalue weighted by atomic mass is 16.5. The zero-order valence-corrected chi connectivity index (χ0v) is 20.9. The van der Waals surface area contributed by atoms with Gasteiger partial charge in [0.25, 0.3) is 5.91 Å². The quantitative estimate of drug-likeness (QED) is 0.213. The van der Waals surface area contributed by atoms with E-state index in [1.54, 1.807) is 0 Å². The molecule has 1 amide bonds. The Morgan fingerprint density at radius 3 is 2.22 bits per heavy atom. The van der Waals surface area contributed by atoms with Crippen LogP contribution in [-0.4, -0.2) is 35.2 Å². The second kappa shape index (κ2) is 10.6. The maximum Gasteiger partial charge on any atom is 0.259 e. The van der Waals surface area contributed by atoms with E-state index in [4.69, 9.17) is 4.98 Å². The summed E-state index contributed by atoms with van der Waals surface area (Å²) in [6.45, 7) is 4.07. The van der Waals surface area contributed by atoms with Crippen molar-refractivity contribution < 1.29 is 9.44 Å². The van der Waals surface area contributed by atoms with E-state index in [0.29, 0.717) is 25.2 Å². The minimum absolute atomic E-state index is 0.0718. The second-order valence-electron chi connectivity index (χ2n) is 9.71. The lowest BCUT2D eigenvalue weighted by atomic mass is 9.94. The van der Waals surface area contributed by atoms with Gasteiger partial charge in [-0.05, 0) is 43.9 Å². The van der Waals surface area contributed by atoms with Gasteiger partial charge in [0, 0.05) is 28.7 Å². The van der Waals surface area contributed by atoms with Crippen molar-refractivity contribution in [3.8, 4) is 11.3 Å². The molecule has 0 radical (unpaired) electrons. The molecule has 0 saturated carbocycles. The molecule has 0 atom stereocenters. The van der Waals surface area contributed by atoms with Gasteiger partial charge in [-0.15, -0.1) is 0 Å². The van der Waals surface area contributed by atoms with E-state index in [1.807, 2.05) is 89.8 Å². The number of hydroxylamine groups is 3. The third-order valence-corrected chi connectivity index (χ3v) is 7.09. The number of fused-ring (bicyclic) bond motifs is 1. The number of piperidine rings is 1. The van der Waals surface area contributed by atoms with Crippen LogP contribution in [0.1, 0.15) is 48.5 Å². The molecule has 0 bridgehead atoms. The Balaban J connectivity index is 1.76. The second-order valence-corrected chi connectivity index (χ2v) is 9.71. The first-order valence-electron chi connectivity index (χ1n) is 13.0. The fourth-order valence-corrected chi connectivity index (χ4v) is 5.33. The molecule has 0 N–H and O–H groups in total. The van der Waals surface area contributed by atoms with Crippen molar-refractivity contribution in [3.63, 3.8) is 0 Å². The fraction of sp³-hybridized carbons (Fsp3) is 0.290. The number of amides is 1. The number of aromatic nitrogens is 1. The minimum Gasteiger partial charge on any atom is -0.633 e. The number of nitrogens with zero attached hydrogens (tertiary/aromatic N) is 3. The third kappa shape index (κ3) is 4.90. The summed E-state index contributed by atoms with van der Waals surface area (Å²) in [6, 6.07) is 27.6. The molecule has 36 heavy (non-hydrogen) atoms. The zero-order valence-electron chi connectivity index (χ0n) is 20.9. The fourth-order valence-electron chi connectivity index (χ4n) is 5.33. The van der Waals surface area contributed by atoms with Gasteiger partial charge in [-0.2, -0.15) is 0 Å². The van der Waals surface area contributed by atoms with Crippen LogP contribution in [0, 0.1) is 5.21 Å². The summed E-state index contributed by atoms with van der Waals surface area (Å²) in [4.78, 5) is 21.4. The number of rotatable bonds is 7. The molecule has 5 nitrogen and oxygen atoms in total. The van der Waals surface area contributed by atoms with E-state index in [0.717, 1.165) is 59.1 Å². The third-order valence-electron chi connectivity index (χ3n) is 7.09. The highest BCUT2D eigenvalue weighted by Crippen LogP contribution is 2.35. The largest absolute Gasteiger partial charge is 0.633 e. The molecule has 0 aliphatic carbocycles. The maximum atomic E-state index is 14.5. The summed E-state index contributed by atoms with van der Waals surface area (Å²) in [5.41, 5.74) is 4.67. The molecule has 1 aromatic heterocycles. The molecule has 3 aromatic carbocycles. The van der Waals surface area contributed by atoms with Crippen LogP contribution < -0.4 is 4.90 Å². The smallest absolute Gasteiger partial charge is 0.259 e. The molecular formula is C31H33N3O2.